The molecule has 1 N–H and O–H groups in total. The molecule has 1 aliphatic heterocycles. The molecule has 0 aromatic carbocycles. The molecule has 0 unspecified atom stereocenters. The van der Waals surface area contributed by atoms with Gasteiger partial charge in [0.25, 0.3) is 0 Å². The van der Waals surface area contributed by atoms with Crippen LogP contribution in [-0.2, 0) is 12.8 Å². The molecule has 0 aliphatic carbocycles. The summed E-state index contributed by atoms with van der Waals surface area (Å²) in [4.78, 5) is 6.41. The van der Waals surface area contributed by atoms with E-state index >= 15 is 0 Å². The Balaban J connectivity index is 2.14. The van der Waals surface area contributed by atoms with Crippen LogP contribution in [-0.4, -0.2) is 18.1 Å². The number of aryl methyl sites for hydroxylation is 2. The number of piperidine rings is 1. The Kier molecular flexibility index (Phi) is 4.36. The molecule has 1 fully saturated rings. The minimum atomic E-state index is 0.724. The minimum absolute atomic E-state index is 0.724. The molecule has 90 valence electrons. The van der Waals surface area contributed by atoms with Gasteiger partial charge in [-0.25, -0.2) is 4.98 Å². The summed E-state index contributed by atoms with van der Waals surface area (Å²) in [6.07, 6.45) is 6.05. The van der Waals surface area contributed by atoms with Crippen molar-refractivity contribution >= 4 is 11.3 Å². The molecule has 0 atom stereocenters. The molecule has 1 aromatic rings. The standard InChI is InChI=1S/C13H22N2S/c1-3-5-11-12(4-2)16-13(15-11)10-6-8-14-9-7-10/h10,14H,3-9H2,1-2H3. The lowest BCUT2D eigenvalue weighted by molar-refractivity contribution is 0.458. The van der Waals surface area contributed by atoms with E-state index < -0.39 is 0 Å². The zero-order valence-electron chi connectivity index (χ0n) is 10.4. The number of thiazole rings is 1. The van der Waals surface area contributed by atoms with E-state index in [0.29, 0.717) is 0 Å². The lowest BCUT2D eigenvalue weighted by Gasteiger charge is -2.20. The van der Waals surface area contributed by atoms with E-state index in [-0.39, 0.29) is 0 Å². The molecule has 0 amide bonds. The summed E-state index contributed by atoms with van der Waals surface area (Å²) in [5.74, 6) is 0.724. The van der Waals surface area contributed by atoms with E-state index in [2.05, 4.69) is 19.2 Å². The van der Waals surface area contributed by atoms with Gasteiger partial charge >= 0.3 is 0 Å². The number of rotatable bonds is 4. The van der Waals surface area contributed by atoms with Crippen molar-refractivity contribution in [1.82, 2.24) is 10.3 Å². The molecule has 0 spiro atoms. The second-order valence-corrected chi connectivity index (χ2v) is 5.67. The van der Waals surface area contributed by atoms with Crippen LogP contribution in [0.1, 0.15) is 54.6 Å². The third-order valence-corrected chi connectivity index (χ3v) is 4.70. The van der Waals surface area contributed by atoms with E-state index in [1.54, 1.807) is 0 Å². The van der Waals surface area contributed by atoms with Crippen LogP contribution in [0.2, 0.25) is 0 Å². The molecule has 2 nitrogen and oxygen atoms in total. The van der Waals surface area contributed by atoms with E-state index in [0.717, 1.165) is 31.8 Å². The summed E-state index contributed by atoms with van der Waals surface area (Å²) in [5.41, 5.74) is 1.38. The average molecular weight is 238 g/mol. The van der Waals surface area contributed by atoms with Crippen LogP contribution in [0.4, 0.5) is 0 Å². The Hall–Kier alpha value is -0.410. The second-order valence-electron chi connectivity index (χ2n) is 4.55. The zero-order chi connectivity index (χ0) is 11.4. The smallest absolute Gasteiger partial charge is 0.0962 e. The van der Waals surface area contributed by atoms with E-state index in [1.807, 2.05) is 11.3 Å². The molecule has 0 bridgehead atoms. The predicted molar refractivity (Wildman–Crippen MR) is 70.3 cm³/mol. The molecule has 16 heavy (non-hydrogen) atoms. The number of nitrogens with zero attached hydrogens (tertiary/aromatic N) is 1. The average Bonchev–Trinajstić information content (AvgIpc) is 2.74. The van der Waals surface area contributed by atoms with Crippen LogP contribution in [0.15, 0.2) is 0 Å². The van der Waals surface area contributed by atoms with Gasteiger partial charge in [-0.2, -0.15) is 0 Å². The zero-order valence-corrected chi connectivity index (χ0v) is 11.2. The maximum Gasteiger partial charge on any atom is 0.0962 e. The van der Waals surface area contributed by atoms with E-state index in [9.17, 15) is 0 Å². The van der Waals surface area contributed by atoms with Gasteiger partial charge in [0.05, 0.1) is 10.7 Å². The lowest BCUT2D eigenvalue weighted by Crippen LogP contribution is -2.26. The molecular formula is C13H22N2S. The van der Waals surface area contributed by atoms with Gasteiger partial charge in [-0.05, 0) is 38.8 Å². The van der Waals surface area contributed by atoms with Crippen LogP contribution < -0.4 is 5.32 Å². The quantitative estimate of drug-likeness (QED) is 0.871. The van der Waals surface area contributed by atoms with Gasteiger partial charge in [0.2, 0.25) is 0 Å². The summed E-state index contributed by atoms with van der Waals surface area (Å²) in [5, 5.41) is 4.83. The van der Waals surface area contributed by atoms with E-state index in [4.69, 9.17) is 4.98 Å². The largest absolute Gasteiger partial charge is 0.317 e. The van der Waals surface area contributed by atoms with Crippen LogP contribution in [0, 0.1) is 0 Å². The lowest BCUT2D eigenvalue weighted by atomic mass is 9.99. The molecule has 0 radical (unpaired) electrons. The summed E-state index contributed by atoms with van der Waals surface area (Å²) in [6.45, 7) is 6.81. The Morgan fingerprint density at radius 2 is 2.06 bits per heavy atom. The fourth-order valence-corrected chi connectivity index (χ4v) is 3.58. The Bertz CT molecular complexity index is 327. The van der Waals surface area contributed by atoms with Gasteiger partial charge in [0.15, 0.2) is 0 Å². The summed E-state index contributed by atoms with van der Waals surface area (Å²) < 4.78 is 0. The maximum absolute atomic E-state index is 4.89. The molecule has 0 saturated carbocycles. The summed E-state index contributed by atoms with van der Waals surface area (Å²) in [7, 11) is 0. The van der Waals surface area contributed by atoms with Crippen molar-refractivity contribution in [3.8, 4) is 0 Å². The minimum Gasteiger partial charge on any atom is -0.317 e. The first-order chi connectivity index (χ1) is 7.85. The topological polar surface area (TPSA) is 24.9 Å². The first-order valence-corrected chi connectivity index (χ1v) is 7.36. The van der Waals surface area contributed by atoms with Crippen molar-refractivity contribution in [2.45, 2.75) is 51.9 Å². The highest BCUT2D eigenvalue weighted by molar-refractivity contribution is 7.11. The first kappa shape index (κ1) is 12.1. The fourth-order valence-electron chi connectivity index (χ4n) is 2.36. The van der Waals surface area contributed by atoms with Crippen molar-refractivity contribution in [2.75, 3.05) is 13.1 Å². The van der Waals surface area contributed by atoms with Crippen LogP contribution in [0.5, 0.6) is 0 Å². The highest BCUT2D eigenvalue weighted by atomic mass is 32.1. The van der Waals surface area contributed by atoms with E-state index in [1.165, 1.54) is 34.8 Å². The molecule has 1 aromatic heterocycles. The summed E-state index contributed by atoms with van der Waals surface area (Å²) in [6, 6.07) is 0. The second kappa shape index (κ2) is 5.78. The van der Waals surface area contributed by atoms with Gasteiger partial charge in [-0.1, -0.05) is 20.3 Å². The third-order valence-electron chi connectivity index (χ3n) is 3.29. The van der Waals surface area contributed by atoms with Gasteiger partial charge in [-0.15, -0.1) is 11.3 Å². The predicted octanol–water partition coefficient (Wildman–Crippen LogP) is 3.13. The normalized spacial score (nSPS) is 17.9. The Morgan fingerprint density at radius 3 is 2.69 bits per heavy atom. The Labute approximate surface area is 102 Å². The molecule has 2 rings (SSSR count). The highest BCUT2D eigenvalue weighted by Crippen LogP contribution is 2.31. The van der Waals surface area contributed by atoms with Crippen molar-refractivity contribution in [3.63, 3.8) is 0 Å². The molecular weight excluding hydrogens is 216 g/mol. The van der Waals surface area contributed by atoms with Gasteiger partial charge in [0.1, 0.15) is 0 Å². The molecule has 1 saturated heterocycles. The van der Waals surface area contributed by atoms with Crippen LogP contribution >= 0.6 is 11.3 Å². The van der Waals surface area contributed by atoms with Gasteiger partial charge in [-0.3, -0.25) is 0 Å². The molecule has 2 heterocycles. The number of aromatic nitrogens is 1. The van der Waals surface area contributed by atoms with Crippen molar-refractivity contribution in [2.24, 2.45) is 0 Å². The molecule has 3 heteroatoms. The SMILES string of the molecule is CCCc1nc(C2CCNCC2)sc1CC. The monoisotopic (exact) mass is 238 g/mol. The van der Waals surface area contributed by atoms with Crippen molar-refractivity contribution in [1.29, 1.82) is 0 Å². The fraction of sp³-hybridized carbons (Fsp3) is 0.769. The molecule has 1 aliphatic rings. The number of hydrogen-bond acceptors (Lipinski definition) is 3. The first-order valence-electron chi connectivity index (χ1n) is 6.54. The Morgan fingerprint density at radius 1 is 1.31 bits per heavy atom. The van der Waals surface area contributed by atoms with Crippen LogP contribution in [0.25, 0.3) is 0 Å². The van der Waals surface area contributed by atoms with Crippen LogP contribution in [0.3, 0.4) is 0 Å². The third kappa shape index (κ3) is 2.64. The van der Waals surface area contributed by atoms with Crippen molar-refractivity contribution in [3.05, 3.63) is 15.6 Å². The maximum atomic E-state index is 4.89. The van der Waals surface area contributed by atoms with Gasteiger partial charge < -0.3 is 5.32 Å². The number of hydrogen-bond donors (Lipinski definition) is 1. The summed E-state index contributed by atoms with van der Waals surface area (Å²) >= 11 is 1.97. The van der Waals surface area contributed by atoms with Crippen molar-refractivity contribution < 1.29 is 0 Å². The van der Waals surface area contributed by atoms with Gasteiger partial charge in [0, 0.05) is 10.8 Å². The highest BCUT2D eigenvalue weighted by Gasteiger charge is 2.20. The number of nitrogens with one attached hydrogen (secondary N) is 1.